The van der Waals surface area contributed by atoms with E-state index in [-0.39, 0.29) is 6.17 Å². The topological polar surface area (TPSA) is 54.5 Å². The number of hydrogen-bond donors (Lipinski definition) is 1. The van der Waals surface area contributed by atoms with Crippen molar-refractivity contribution in [3.63, 3.8) is 0 Å². The zero-order valence-electron chi connectivity index (χ0n) is 8.45. The lowest BCUT2D eigenvalue weighted by atomic mass is 10.1. The Morgan fingerprint density at radius 3 is 3.00 bits per heavy atom. The van der Waals surface area contributed by atoms with Gasteiger partial charge in [0.2, 0.25) is 0 Å². The van der Waals surface area contributed by atoms with Crippen LogP contribution in [-0.4, -0.2) is 11.2 Å². The number of hydrogen-bond acceptors (Lipinski definition) is 5. The highest BCUT2D eigenvalue weighted by molar-refractivity contribution is 7.09. The molecule has 1 aliphatic heterocycles. The van der Waals surface area contributed by atoms with E-state index in [9.17, 15) is 0 Å². The lowest BCUT2D eigenvalue weighted by Gasteiger charge is -2.29. The summed E-state index contributed by atoms with van der Waals surface area (Å²) in [6.07, 6.45) is 3.42. The lowest BCUT2D eigenvalue weighted by molar-refractivity contribution is 0.660. The second-order valence-corrected chi connectivity index (χ2v) is 4.41. The van der Waals surface area contributed by atoms with Crippen molar-refractivity contribution in [2.75, 3.05) is 5.01 Å². The molecule has 1 aromatic carbocycles. The molecule has 0 spiro atoms. The van der Waals surface area contributed by atoms with E-state index in [4.69, 9.17) is 5.84 Å². The molecular weight excluding hydrogens is 220 g/mol. The van der Waals surface area contributed by atoms with Gasteiger partial charge in [-0.2, -0.15) is 0 Å². The van der Waals surface area contributed by atoms with Crippen molar-refractivity contribution in [2.45, 2.75) is 6.17 Å². The molecule has 1 unspecified atom stereocenters. The molecule has 80 valence electrons. The Hall–Kier alpha value is -1.72. The van der Waals surface area contributed by atoms with Crippen LogP contribution >= 0.6 is 11.3 Å². The van der Waals surface area contributed by atoms with Crippen molar-refractivity contribution in [1.29, 1.82) is 0 Å². The maximum atomic E-state index is 6.07. The van der Waals surface area contributed by atoms with Crippen LogP contribution in [0.4, 0.5) is 5.69 Å². The first kappa shape index (κ1) is 9.50. The highest BCUT2D eigenvalue weighted by Crippen LogP contribution is 2.31. The molecule has 1 aliphatic rings. The molecule has 2 aromatic rings. The van der Waals surface area contributed by atoms with Gasteiger partial charge in [0.15, 0.2) is 6.17 Å². The number of thiazole rings is 1. The van der Waals surface area contributed by atoms with Crippen molar-refractivity contribution >= 4 is 23.2 Å². The molecule has 0 radical (unpaired) electrons. The van der Waals surface area contributed by atoms with Gasteiger partial charge in [-0.1, -0.05) is 18.2 Å². The predicted molar refractivity (Wildman–Crippen MR) is 65.6 cm³/mol. The zero-order valence-corrected chi connectivity index (χ0v) is 9.26. The number of para-hydroxylation sites is 1. The van der Waals surface area contributed by atoms with Crippen LogP contribution in [-0.2, 0) is 0 Å². The first-order valence-corrected chi connectivity index (χ1v) is 5.80. The molecule has 5 heteroatoms. The molecule has 2 N–H and O–H groups in total. The summed E-state index contributed by atoms with van der Waals surface area (Å²) in [5.74, 6) is 6.07. The molecule has 0 fully saturated rings. The molecule has 1 atom stereocenters. The Bertz CT molecular complexity index is 521. The van der Waals surface area contributed by atoms with Gasteiger partial charge in [0.25, 0.3) is 0 Å². The van der Waals surface area contributed by atoms with Crippen LogP contribution in [0, 0.1) is 0 Å². The Labute approximate surface area is 97.0 Å². The number of aromatic nitrogens is 1. The van der Waals surface area contributed by atoms with Crippen LogP contribution in [0.25, 0.3) is 0 Å². The second kappa shape index (κ2) is 3.70. The van der Waals surface area contributed by atoms with E-state index in [0.29, 0.717) is 0 Å². The lowest BCUT2D eigenvalue weighted by Crippen LogP contribution is -2.37. The maximum absolute atomic E-state index is 6.07. The van der Waals surface area contributed by atoms with Gasteiger partial charge in [-0.15, -0.1) is 11.3 Å². The summed E-state index contributed by atoms with van der Waals surface area (Å²) >= 11 is 1.56. The fourth-order valence-electron chi connectivity index (χ4n) is 1.73. The van der Waals surface area contributed by atoms with E-state index >= 15 is 0 Å². The third-order valence-electron chi connectivity index (χ3n) is 2.51. The van der Waals surface area contributed by atoms with Gasteiger partial charge < -0.3 is 0 Å². The van der Waals surface area contributed by atoms with E-state index in [1.54, 1.807) is 22.5 Å². The molecule has 0 bridgehead atoms. The van der Waals surface area contributed by atoms with Gasteiger partial charge in [-0.3, -0.25) is 10.0 Å². The van der Waals surface area contributed by atoms with Gasteiger partial charge in [-0.05, 0) is 6.07 Å². The van der Waals surface area contributed by atoms with Gasteiger partial charge in [0, 0.05) is 23.4 Å². The summed E-state index contributed by atoms with van der Waals surface area (Å²) in [6.45, 7) is 0. The molecule has 0 saturated carbocycles. The Kier molecular flexibility index (Phi) is 2.19. The number of fused-ring (bicyclic) bond motifs is 1. The standard InChI is InChI=1S/C11H10N4S/c12-15-9-4-2-1-3-8(9)7-14-10(15)11-13-5-6-16-11/h1-7,10H,12H2. The molecule has 0 aliphatic carbocycles. The smallest absolute Gasteiger partial charge is 0.186 e. The normalized spacial score (nSPS) is 18.6. The van der Waals surface area contributed by atoms with E-state index in [1.165, 1.54) is 0 Å². The minimum atomic E-state index is -0.199. The molecular formula is C11H10N4S. The number of nitrogens with zero attached hydrogens (tertiary/aromatic N) is 3. The van der Waals surface area contributed by atoms with Crippen LogP contribution < -0.4 is 10.9 Å². The van der Waals surface area contributed by atoms with Gasteiger partial charge in [-0.25, -0.2) is 10.8 Å². The third-order valence-corrected chi connectivity index (χ3v) is 3.32. The van der Waals surface area contributed by atoms with Crippen molar-refractivity contribution in [3.05, 3.63) is 46.4 Å². The summed E-state index contributed by atoms with van der Waals surface area (Å²) in [5, 5.41) is 4.50. The summed E-state index contributed by atoms with van der Waals surface area (Å²) in [6, 6.07) is 7.93. The summed E-state index contributed by atoms with van der Waals surface area (Å²) in [5.41, 5.74) is 2.02. The average molecular weight is 230 g/mol. The highest BCUT2D eigenvalue weighted by Gasteiger charge is 2.23. The van der Waals surface area contributed by atoms with Crippen molar-refractivity contribution < 1.29 is 0 Å². The molecule has 16 heavy (non-hydrogen) atoms. The number of benzene rings is 1. The van der Waals surface area contributed by atoms with Crippen LogP contribution in [0.5, 0.6) is 0 Å². The SMILES string of the molecule is NN1c2ccccc2C=NC1c1nccs1. The quantitative estimate of drug-likeness (QED) is 0.762. The largest absolute Gasteiger partial charge is 0.279 e. The first-order valence-electron chi connectivity index (χ1n) is 4.92. The fraction of sp³-hybridized carbons (Fsp3) is 0.0909. The van der Waals surface area contributed by atoms with Crippen LogP contribution in [0.2, 0.25) is 0 Å². The van der Waals surface area contributed by atoms with Crippen molar-refractivity contribution in [3.8, 4) is 0 Å². The Balaban J connectivity index is 2.04. The van der Waals surface area contributed by atoms with Crippen molar-refractivity contribution in [2.24, 2.45) is 10.8 Å². The van der Waals surface area contributed by atoms with Gasteiger partial charge in [0.1, 0.15) is 5.01 Å². The Morgan fingerprint density at radius 1 is 1.31 bits per heavy atom. The third kappa shape index (κ3) is 1.41. The number of rotatable bonds is 1. The highest BCUT2D eigenvalue weighted by atomic mass is 32.1. The van der Waals surface area contributed by atoms with Crippen LogP contribution in [0.15, 0.2) is 40.8 Å². The summed E-state index contributed by atoms with van der Waals surface area (Å²) in [4.78, 5) is 8.66. The van der Waals surface area contributed by atoms with E-state index < -0.39 is 0 Å². The molecule has 2 heterocycles. The molecule has 1 aromatic heterocycles. The molecule has 0 amide bonds. The van der Waals surface area contributed by atoms with Gasteiger partial charge in [0.05, 0.1) is 5.69 Å². The minimum Gasteiger partial charge on any atom is -0.279 e. The van der Waals surface area contributed by atoms with Crippen LogP contribution in [0.1, 0.15) is 16.7 Å². The average Bonchev–Trinajstić information content (AvgIpc) is 2.83. The predicted octanol–water partition coefficient (Wildman–Crippen LogP) is 1.95. The first-order chi connectivity index (χ1) is 7.86. The van der Waals surface area contributed by atoms with E-state index in [1.807, 2.05) is 35.9 Å². The maximum Gasteiger partial charge on any atom is 0.186 e. The summed E-state index contributed by atoms with van der Waals surface area (Å²) in [7, 11) is 0. The van der Waals surface area contributed by atoms with E-state index in [0.717, 1.165) is 16.3 Å². The molecule has 4 nitrogen and oxygen atoms in total. The Morgan fingerprint density at radius 2 is 2.19 bits per heavy atom. The zero-order chi connectivity index (χ0) is 11.0. The molecule has 0 saturated heterocycles. The van der Waals surface area contributed by atoms with E-state index in [2.05, 4.69) is 9.98 Å². The van der Waals surface area contributed by atoms with Crippen molar-refractivity contribution in [1.82, 2.24) is 4.98 Å². The number of aliphatic imine (C=N–C) groups is 1. The minimum absolute atomic E-state index is 0.199. The summed E-state index contributed by atoms with van der Waals surface area (Å²) < 4.78 is 0. The second-order valence-electron chi connectivity index (χ2n) is 3.49. The number of anilines is 1. The van der Waals surface area contributed by atoms with Gasteiger partial charge >= 0.3 is 0 Å². The van der Waals surface area contributed by atoms with Crippen LogP contribution in [0.3, 0.4) is 0 Å². The fourth-order valence-corrected chi connectivity index (χ4v) is 2.41. The number of nitrogens with two attached hydrogens (primary N) is 1. The molecule has 3 rings (SSSR count). The number of hydrazine groups is 1. The monoisotopic (exact) mass is 230 g/mol.